The second-order valence-corrected chi connectivity index (χ2v) is 3.73. The average molecular weight is 241 g/mol. The number of aromatic nitrogens is 2. The predicted molar refractivity (Wildman–Crippen MR) is 54.5 cm³/mol. The highest BCUT2D eigenvalue weighted by Gasteiger charge is 1.99. The van der Waals surface area contributed by atoms with Crippen LogP contribution in [0, 0.1) is 0 Å². The Labute approximate surface area is 84.1 Å². The first-order chi connectivity index (χ1) is 6.29. The van der Waals surface area contributed by atoms with Crippen LogP contribution in [0.25, 0.3) is 10.9 Å². The summed E-state index contributed by atoms with van der Waals surface area (Å²) >= 11 is 3.39. The van der Waals surface area contributed by atoms with Crippen LogP contribution >= 0.6 is 15.9 Å². The zero-order valence-electron chi connectivity index (χ0n) is 6.94. The lowest BCUT2D eigenvalue weighted by Gasteiger charge is -1.92. The zero-order valence-corrected chi connectivity index (χ0v) is 8.53. The number of rotatable bonds is 2. The molecule has 0 unspecified atom stereocenters. The van der Waals surface area contributed by atoms with E-state index in [0.717, 1.165) is 15.4 Å². The van der Waals surface area contributed by atoms with Gasteiger partial charge in [-0.25, -0.2) is 0 Å². The van der Waals surface area contributed by atoms with Crippen LogP contribution < -0.4 is 0 Å². The summed E-state index contributed by atoms with van der Waals surface area (Å²) in [6.07, 6.45) is 1.93. The summed E-state index contributed by atoms with van der Waals surface area (Å²) in [5.74, 6) is 0. The van der Waals surface area contributed by atoms with E-state index in [1.54, 1.807) is 4.68 Å². The van der Waals surface area contributed by atoms with Crippen molar-refractivity contribution < 1.29 is 5.11 Å². The molecule has 0 aliphatic carbocycles. The Morgan fingerprint density at radius 2 is 2.31 bits per heavy atom. The maximum atomic E-state index is 8.73. The van der Waals surface area contributed by atoms with Gasteiger partial charge in [-0.2, -0.15) is 5.10 Å². The molecule has 2 rings (SSSR count). The summed E-state index contributed by atoms with van der Waals surface area (Å²) in [4.78, 5) is 0. The minimum absolute atomic E-state index is 0.120. The summed E-state index contributed by atoms with van der Waals surface area (Å²) in [5, 5.41) is 14.1. The van der Waals surface area contributed by atoms with Gasteiger partial charge in [0, 0.05) is 16.1 Å². The van der Waals surface area contributed by atoms with Gasteiger partial charge in [0.1, 0.15) is 0 Å². The van der Waals surface area contributed by atoms with Gasteiger partial charge in [0.05, 0.1) is 18.7 Å². The molecule has 0 aliphatic rings. The first-order valence-electron chi connectivity index (χ1n) is 4.03. The molecule has 13 heavy (non-hydrogen) atoms. The standard InChI is InChI=1S/C9H9BrN2O/c10-8-1-2-9-7(5-8)6-12(11-9)3-4-13/h1-2,5-6,13H,3-4H2. The van der Waals surface area contributed by atoms with Gasteiger partial charge in [-0.15, -0.1) is 0 Å². The summed E-state index contributed by atoms with van der Waals surface area (Å²) < 4.78 is 2.79. The fraction of sp³-hybridized carbons (Fsp3) is 0.222. The van der Waals surface area contributed by atoms with E-state index in [4.69, 9.17) is 5.11 Å². The molecular formula is C9H9BrN2O. The van der Waals surface area contributed by atoms with Crippen LogP contribution in [-0.4, -0.2) is 21.5 Å². The molecule has 4 heteroatoms. The topological polar surface area (TPSA) is 38.0 Å². The zero-order chi connectivity index (χ0) is 9.26. The molecule has 1 heterocycles. The largest absolute Gasteiger partial charge is 0.394 e. The van der Waals surface area contributed by atoms with Crippen LogP contribution in [0.1, 0.15) is 0 Å². The van der Waals surface area contributed by atoms with Crippen molar-refractivity contribution in [1.82, 2.24) is 9.78 Å². The predicted octanol–water partition coefficient (Wildman–Crippen LogP) is 1.79. The Morgan fingerprint density at radius 3 is 3.08 bits per heavy atom. The number of benzene rings is 1. The number of aliphatic hydroxyl groups excluding tert-OH is 1. The number of fused-ring (bicyclic) bond motifs is 1. The molecule has 0 radical (unpaired) electrons. The van der Waals surface area contributed by atoms with E-state index >= 15 is 0 Å². The first-order valence-corrected chi connectivity index (χ1v) is 4.82. The van der Waals surface area contributed by atoms with Gasteiger partial charge in [-0.1, -0.05) is 15.9 Å². The summed E-state index contributed by atoms with van der Waals surface area (Å²) in [5.41, 5.74) is 0.955. The second-order valence-electron chi connectivity index (χ2n) is 2.82. The van der Waals surface area contributed by atoms with Crippen LogP contribution in [0.2, 0.25) is 0 Å². The monoisotopic (exact) mass is 240 g/mol. The van der Waals surface area contributed by atoms with Crippen LogP contribution in [0.4, 0.5) is 0 Å². The lowest BCUT2D eigenvalue weighted by Crippen LogP contribution is -2.01. The molecule has 1 N–H and O–H groups in total. The van der Waals surface area contributed by atoms with Crippen LogP contribution in [0.5, 0.6) is 0 Å². The highest BCUT2D eigenvalue weighted by atomic mass is 79.9. The molecule has 0 fully saturated rings. The summed E-state index contributed by atoms with van der Waals surface area (Å²) in [7, 11) is 0. The molecule has 2 aromatic rings. The normalized spacial score (nSPS) is 10.9. The third-order valence-corrected chi connectivity index (χ3v) is 2.34. The van der Waals surface area contributed by atoms with Crippen molar-refractivity contribution >= 4 is 26.8 Å². The molecule has 0 amide bonds. The van der Waals surface area contributed by atoms with Crippen molar-refractivity contribution in [3.8, 4) is 0 Å². The van der Waals surface area contributed by atoms with Crippen LogP contribution in [0.15, 0.2) is 28.9 Å². The van der Waals surface area contributed by atoms with Gasteiger partial charge in [-0.05, 0) is 18.2 Å². The van der Waals surface area contributed by atoms with E-state index in [9.17, 15) is 0 Å². The van der Waals surface area contributed by atoms with E-state index in [1.165, 1.54) is 0 Å². The maximum absolute atomic E-state index is 8.73. The van der Waals surface area contributed by atoms with Crippen LogP contribution in [-0.2, 0) is 6.54 Å². The van der Waals surface area contributed by atoms with Crippen molar-refractivity contribution in [1.29, 1.82) is 0 Å². The Morgan fingerprint density at radius 1 is 1.46 bits per heavy atom. The third kappa shape index (κ3) is 1.73. The molecule has 68 valence electrons. The molecule has 0 aliphatic heterocycles. The van der Waals surface area contributed by atoms with Crippen molar-refractivity contribution in [3.05, 3.63) is 28.9 Å². The molecule has 1 aromatic carbocycles. The van der Waals surface area contributed by atoms with Gasteiger partial charge in [0.2, 0.25) is 0 Å². The van der Waals surface area contributed by atoms with Gasteiger partial charge >= 0.3 is 0 Å². The van der Waals surface area contributed by atoms with Gasteiger partial charge in [0.15, 0.2) is 0 Å². The Balaban J connectivity index is 2.49. The van der Waals surface area contributed by atoms with Crippen molar-refractivity contribution in [2.75, 3.05) is 6.61 Å². The SMILES string of the molecule is OCCn1cc2cc(Br)ccc2n1. The molecule has 1 aromatic heterocycles. The lowest BCUT2D eigenvalue weighted by atomic mass is 10.3. The molecule has 0 bridgehead atoms. The maximum Gasteiger partial charge on any atom is 0.0924 e. The highest BCUT2D eigenvalue weighted by molar-refractivity contribution is 9.10. The van der Waals surface area contributed by atoms with Gasteiger partial charge in [0.25, 0.3) is 0 Å². The van der Waals surface area contributed by atoms with Gasteiger partial charge in [-0.3, -0.25) is 4.68 Å². The fourth-order valence-electron chi connectivity index (χ4n) is 1.26. The van der Waals surface area contributed by atoms with Crippen molar-refractivity contribution in [2.24, 2.45) is 0 Å². The minimum Gasteiger partial charge on any atom is -0.394 e. The number of aliphatic hydroxyl groups is 1. The smallest absolute Gasteiger partial charge is 0.0924 e. The van der Waals surface area contributed by atoms with E-state index in [-0.39, 0.29) is 6.61 Å². The van der Waals surface area contributed by atoms with Gasteiger partial charge < -0.3 is 5.11 Å². The average Bonchev–Trinajstić information content (AvgIpc) is 2.46. The first kappa shape index (κ1) is 8.72. The van der Waals surface area contributed by atoms with E-state index in [1.807, 2.05) is 24.4 Å². The molecule has 0 atom stereocenters. The Hall–Kier alpha value is -0.870. The number of hydrogen-bond acceptors (Lipinski definition) is 2. The third-order valence-electron chi connectivity index (χ3n) is 1.84. The van der Waals surface area contributed by atoms with E-state index in [2.05, 4.69) is 21.0 Å². The molecule has 0 saturated heterocycles. The minimum atomic E-state index is 0.120. The fourth-order valence-corrected chi connectivity index (χ4v) is 1.64. The number of nitrogens with zero attached hydrogens (tertiary/aromatic N) is 2. The summed E-state index contributed by atoms with van der Waals surface area (Å²) in [6.45, 7) is 0.668. The lowest BCUT2D eigenvalue weighted by molar-refractivity contribution is 0.270. The Kier molecular flexibility index (Phi) is 2.33. The number of halogens is 1. The molecule has 0 spiro atoms. The molecule has 0 saturated carbocycles. The quantitative estimate of drug-likeness (QED) is 0.870. The molecule has 3 nitrogen and oxygen atoms in total. The highest BCUT2D eigenvalue weighted by Crippen LogP contribution is 2.18. The van der Waals surface area contributed by atoms with E-state index in [0.29, 0.717) is 6.54 Å². The molecular weight excluding hydrogens is 232 g/mol. The van der Waals surface area contributed by atoms with Crippen molar-refractivity contribution in [2.45, 2.75) is 6.54 Å². The Bertz CT molecular complexity index is 424. The van der Waals surface area contributed by atoms with E-state index < -0.39 is 0 Å². The van der Waals surface area contributed by atoms with Crippen molar-refractivity contribution in [3.63, 3.8) is 0 Å². The summed E-state index contributed by atoms with van der Waals surface area (Å²) in [6, 6.07) is 5.92. The van der Waals surface area contributed by atoms with Crippen LogP contribution in [0.3, 0.4) is 0 Å². The number of hydrogen-bond donors (Lipinski definition) is 1. The second kappa shape index (κ2) is 3.47.